The molecule has 1 aromatic heterocycles. The number of aromatic nitrogens is 2. The minimum absolute atomic E-state index is 0.0660. The first kappa shape index (κ1) is 12.3. The van der Waals surface area contributed by atoms with Crippen molar-refractivity contribution in [3.63, 3.8) is 0 Å². The SMILES string of the molecule is CC(C)(C)Sc1cc(Cl)nnc1CC#N. The third kappa shape index (κ3) is 4.06. The van der Waals surface area contributed by atoms with Gasteiger partial charge in [-0.1, -0.05) is 32.4 Å². The molecule has 0 spiro atoms. The lowest BCUT2D eigenvalue weighted by Gasteiger charge is -2.18. The molecular formula is C10H12ClN3S. The Morgan fingerprint density at radius 3 is 2.67 bits per heavy atom. The molecule has 0 radical (unpaired) electrons. The summed E-state index contributed by atoms with van der Waals surface area (Å²) < 4.78 is 0.0660. The van der Waals surface area contributed by atoms with Gasteiger partial charge in [-0.15, -0.1) is 16.9 Å². The van der Waals surface area contributed by atoms with Gasteiger partial charge < -0.3 is 0 Å². The van der Waals surface area contributed by atoms with Crippen molar-refractivity contribution in [1.82, 2.24) is 10.2 Å². The number of hydrogen-bond acceptors (Lipinski definition) is 4. The third-order valence-corrected chi connectivity index (χ3v) is 2.83. The van der Waals surface area contributed by atoms with E-state index >= 15 is 0 Å². The minimum atomic E-state index is 0.0660. The molecule has 0 saturated heterocycles. The molecule has 0 saturated carbocycles. The summed E-state index contributed by atoms with van der Waals surface area (Å²) in [5, 5.41) is 16.7. The molecule has 0 aliphatic rings. The molecule has 0 amide bonds. The van der Waals surface area contributed by atoms with E-state index in [0.29, 0.717) is 10.8 Å². The first-order valence-electron chi connectivity index (χ1n) is 4.50. The van der Waals surface area contributed by atoms with Crippen LogP contribution in [-0.2, 0) is 6.42 Å². The Labute approximate surface area is 98.8 Å². The molecule has 0 aliphatic heterocycles. The van der Waals surface area contributed by atoms with E-state index in [1.165, 1.54) is 0 Å². The van der Waals surface area contributed by atoms with Crippen LogP contribution in [0.5, 0.6) is 0 Å². The van der Waals surface area contributed by atoms with Gasteiger partial charge in [0.15, 0.2) is 5.15 Å². The quantitative estimate of drug-likeness (QED) is 0.747. The van der Waals surface area contributed by atoms with Crippen LogP contribution in [0.2, 0.25) is 5.15 Å². The van der Waals surface area contributed by atoms with Gasteiger partial charge in [-0.05, 0) is 6.07 Å². The van der Waals surface area contributed by atoms with Gasteiger partial charge in [0.05, 0.1) is 18.2 Å². The van der Waals surface area contributed by atoms with E-state index in [2.05, 4.69) is 37.0 Å². The van der Waals surface area contributed by atoms with Crippen LogP contribution < -0.4 is 0 Å². The molecule has 1 rings (SSSR count). The zero-order chi connectivity index (χ0) is 11.5. The number of hydrogen-bond donors (Lipinski definition) is 0. The van der Waals surface area contributed by atoms with E-state index in [1.807, 2.05) is 0 Å². The predicted molar refractivity (Wildman–Crippen MR) is 62.0 cm³/mol. The lowest BCUT2D eigenvalue weighted by atomic mass is 10.3. The number of nitriles is 1. The van der Waals surface area contributed by atoms with Crippen LogP contribution in [0.1, 0.15) is 26.5 Å². The van der Waals surface area contributed by atoms with Gasteiger partial charge in [-0.25, -0.2) is 0 Å². The molecule has 0 atom stereocenters. The van der Waals surface area contributed by atoms with E-state index in [-0.39, 0.29) is 11.2 Å². The van der Waals surface area contributed by atoms with E-state index < -0.39 is 0 Å². The van der Waals surface area contributed by atoms with E-state index in [9.17, 15) is 0 Å². The largest absolute Gasteiger partial charge is 0.198 e. The summed E-state index contributed by atoms with van der Waals surface area (Å²) in [5.74, 6) is 0. The highest BCUT2D eigenvalue weighted by atomic mass is 35.5. The van der Waals surface area contributed by atoms with Gasteiger partial charge in [-0.3, -0.25) is 0 Å². The Bertz CT molecular complexity index is 393. The van der Waals surface area contributed by atoms with Crippen LogP contribution in [0.3, 0.4) is 0 Å². The standard InChI is InChI=1S/C10H12ClN3S/c1-10(2,3)15-8-6-9(11)14-13-7(8)4-5-12/h6H,4H2,1-3H3. The molecule has 0 bridgehead atoms. The van der Waals surface area contributed by atoms with E-state index in [0.717, 1.165) is 4.90 Å². The topological polar surface area (TPSA) is 49.6 Å². The molecular weight excluding hydrogens is 230 g/mol. The highest BCUT2D eigenvalue weighted by Crippen LogP contribution is 2.34. The Morgan fingerprint density at radius 1 is 1.47 bits per heavy atom. The van der Waals surface area contributed by atoms with Crippen molar-refractivity contribution >= 4 is 23.4 Å². The second kappa shape index (κ2) is 4.82. The predicted octanol–water partition coefficient (Wildman–Crippen LogP) is 3.09. The monoisotopic (exact) mass is 241 g/mol. The van der Waals surface area contributed by atoms with Crippen LogP contribution in [0.15, 0.2) is 11.0 Å². The maximum Gasteiger partial charge on any atom is 0.152 e. The van der Waals surface area contributed by atoms with Gasteiger partial charge in [-0.2, -0.15) is 10.4 Å². The fraction of sp³-hybridized carbons (Fsp3) is 0.500. The molecule has 3 nitrogen and oxygen atoms in total. The first-order chi connectivity index (χ1) is 6.92. The number of thioether (sulfide) groups is 1. The number of rotatable bonds is 2. The average molecular weight is 242 g/mol. The van der Waals surface area contributed by atoms with E-state index in [4.69, 9.17) is 16.9 Å². The fourth-order valence-corrected chi connectivity index (χ4v) is 2.27. The van der Waals surface area contributed by atoms with Crippen LogP contribution in [0, 0.1) is 11.3 Å². The second-order valence-corrected chi connectivity index (χ2v) is 6.28. The maximum atomic E-state index is 8.65. The maximum absolute atomic E-state index is 8.65. The summed E-state index contributed by atoms with van der Waals surface area (Å²) in [5.41, 5.74) is 0.696. The van der Waals surface area contributed by atoms with Crippen molar-refractivity contribution in [3.8, 4) is 6.07 Å². The van der Waals surface area contributed by atoms with Gasteiger partial charge in [0.1, 0.15) is 0 Å². The Balaban J connectivity index is 3.03. The fourth-order valence-electron chi connectivity index (χ4n) is 0.993. The van der Waals surface area contributed by atoms with Crippen LogP contribution in [-0.4, -0.2) is 14.9 Å². The first-order valence-corrected chi connectivity index (χ1v) is 5.70. The summed E-state index contributed by atoms with van der Waals surface area (Å²) >= 11 is 7.42. The molecule has 0 N–H and O–H groups in total. The van der Waals surface area contributed by atoms with Crippen LogP contribution in [0.4, 0.5) is 0 Å². The van der Waals surface area contributed by atoms with Crippen molar-refractivity contribution in [3.05, 3.63) is 16.9 Å². The average Bonchev–Trinajstić information content (AvgIpc) is 2.07. The van der Waals surface area contributed by atoms with Gasteiger partial charge in [0, 0.05) is 9.64 Å². The van der Waals surface area contributed by atoms with Crippen molar-refractivity contribution < 1.29 is 0 Å². The van der Waals surface area contributed by atoms with Gasteiger partial charge in [0.25, 0.3) is 0 Å². The lowest BCUT2D eigenvalue weighted by molar-refractivity contribution is 0.798. The summed E-state index contributed by atoms with van der Waals surface area (Å²) in [6.45, 7) is 6.30. The third-order valence-electron chi connectivity index (χ3n) is 1.46. The van der Waals surface area contributed by atoms with Gasteiger partial charge >= 0.3 is 0 Å². The van der Waals surface area contributed by atoms with Crippen LogP contribution in [0.25, 0.3) is 0 Å². The molecule has 80 valence electrons. The van der Waals surface area contributed by atoms with E-state index in [1.54, 1.807) is 17.8 Å². The Kier molecular flexibility index (Phi) is 3.95. The zero-order valence-electron chi connectivity index (χ0n) is 8.91. The highest BCUT2D eigenvalue weighted by molar-refractivity contribution is 8.00. The van der Waals surface area contributed by atoms with Gasteiger partial charge in [0.2, 0.25) is 0 Å². The van der Waals surface area contributed by atoms with Crippen molar-refractivity contribution in [2.75, 3.05) is 0 Å². The molecule has 1 aromatic rings. The molecule has 0 unspecified atom stereocenters. The minimum Gasteiger partial charge on any atom is -0.198 e. The Hall–Kier alpha value is -0.790. The molecule has 15 heavy (non-hydrogen) atoms. The molecule has 5 heteroatoms. The second-order valence-electron chi connectivity index (χ2n) is 4.03. The molecule has 0 aliphatic carbocycles. The van der Waals surface area contributed by atoms with Crippen molar-refractivity contribution in [2.45, 2.75) is 36.8 Å². The zero-order valence-corrected chi connectivity index (χ0v) is 10.5. The smallest absolute Gasteiger partial charge is 0.152 e. The van der Waals surface area contributed by atoms with Crippen molar-refractivity contribution in [1.29, 1.82) is 5.26 Å². The highest BCUT2D eigenvalue weighted by Gasteiger charge is 2.16. The Morgan fingerprint density at radius 2 is 2.13 bits per heavy atom. The molecule has 0 aromatic carbocycles. The summed E-state index contributed by atoms with van der Waals surface area (Å²) in [6.07, 6.45) is 0.266. The number of halogens is 1. The number of nitrogens with zero attached hydrogens (tertiary/aromatic N) is 3. The normalized spacial score (nSPS) is 11.1. The molecule has 0 fully saturated rings. The lowest BCUT2D eigenvalue weighted by Crippen LogP contribution is -2.08. The summed E-state index contributed by atoms with van der Waals surface area (Å²) in [6, 6.07) is 3.83. The molecule has 1 heterocycles. The van der Waals surface area contributed by atoms with Crippen LogP contribution >= 0.6 is 23.4 Å². The van der Waals surface area contributed by atoms with Crippen molar-refractivity contribution in [2.24, 2.45) is 0 Å². The summed E-state index contributed by atoms with van der Waals surface area (Å²) in [4.78, 5) is 0.934. The summed E-state index contributed by atoms with van der Waals surface area (Å²) in [7, 11) is 0.